The van der Waals surface area contributed by atoms with Crippen molar-refractivity contribution >= 4 is 27.1 Å². The minimum atomic E-state index is -2.88. The fraction of sp³-hybridized carbons (Fsp3) is 0.524. The summed E-state index contributed by atoms with van der Waals surface area (Å²) >= 11 is 1.54. The predicted molar refractivity (Wildman–Crippen MR) is 118 cm³/mol. The molecule has 1 unspecified atom stereocenters. The Kier molecular flexibility index (Phi) is 6.40. The van der Waals surface area contributed by atoms with Gasteiger partial charge >= 0.3 is 0 Å². The van der Waals surface area contributed by atoms with Crippen LogP contribution in [0.1, 0.15) is 19.0 Å². The Bertz CT molecular complexity index is 980. The van der Waals surface area contributed by atoms with Crippen LogP contribution in [-0.2, 0) is 21.1 Å². The van der Waals surface area contributed by atoms with Gasteiger partial charge in [-0.25, -0.2) is 13.4 Å². The summed E-state index contributed by atoms with van der Waals surface area (Å²) in [7, 11) is -2.88. The summed E-state index contributed by atoms with van der Waals surface area (Å²) in [5, 5.41) is 2.84. The van der Waals surface area contributed by atoms with Gasteiger partial charge in [0.2, 0.25) is 5.91 Å². The molecule has 2 aromatic rings. The van der Waals surface area contributed by atoms with Crippen LogP contribution in [-0.4, -0.2) is 79.4 Å². The first-order valence-corrected chi connectivity index (χ1v) is 13.0. The molecule has 0 spiro atoms. The number of hydrogen-bond acceptors (Lipinski definition) is 7. The lowest BCUT2D eigenvalue weighted by atomic mass is 10.2. The number of sulfone groups is 1. The summed E-state index contributed by atoms with van der Waals surface area (Å²) < 4.78 is 28.9. The zero-order valence-corrected chi connectivity index (χ0v) is 18.8. The van der Waals surface area contributed by atoms with Crippen LogP contribution in [0.3, 0.4) is 0 Å². The van der Waals surface area contributed by atoms with Gasteiger partial charge in [0.15, 0.2) is 9.84 Å². The molecule has 0 N–H and O–H groups in total. The Morgan fingerprint density at radius 1 is 1.20 bits per heavy atom. The molecule has 1 amide bonds. The number of piperazine rings is 1. The number of aromatic nitrogens is 1. The van der Waals surface area contributed by atoms with Crippen LogP contribution in [0.25, 0.3) is 10.6 Å². The number of carbonyl (C=O) groups excluding carboxylic acids is 1. The molecule has 2 saturated heterocycles. The highest BCUT2D eigenvalue weighted by molar-refractivity contribution is 7.91. The van der Waals surface area contributed by atoms with Gasteiger partial charge in [0, 0.05) is 43.2 Å². The van der Waals surface area contributed by atoms with Gasteiger partial charge < -0.3 is 9.64 Å². The maximum atomic E-state index is 12.7. The molecule has 0 aliphatic carbocycles. The number of thiazole rings is 1. The van der Waals surface area contributed by atoms with E-state index < -0.39 is 9.84 Å². The number of nitrogens with zero attached hydrogens (tertiary/aromatic N) is 3. The number of ether oxygens (including phenoxy) is 1. The second-order valence-corrected chi connectivity index (χ2v) is 10.8. The highest BCUT2D eigenvalue weighted by Crippen LogP contribution is 2.26. The van der Waals surface area contributed by atoms with Crippen molar-refractivity contribution in [1.29, 1.82) is 0 Å². The monoisotopic (exact) mass is 449 g/mol. The fourth-order valence-corrected chi connectivity index (χ4v) is 6.64. The zero-order chi connectivity index (χ0) is 21.1. The van der Waals surface area contributed by atoms with Gasteiger partial charge in [0.25, 0.3) is 0 Å². The summed E-state index contributed by atoms with van der Waals surface area (Å²) in [6.45, 7) is 5.35. The van der Waals surface area contributed by atoms with E-state index in [4.69, 9.17) is 4.74 Å². The molecular weight excluding hydrogens is 422 g/mol. The van der Waals surface area contributed by atoms with Crippen LogP contribution in [0, 0.1) is 0 Å². The molecule has 0 saturated carbocycles. The second-order valence-electron chi connectivity index (χ2n) is 7.75. The molecule has 162 valence electrons. The topological polar surface area (TPSA) is 79.8 Å². The molecule has 3 heterocycles. The molecule has 1 atom stereocenters. The molecule has 1 aromatic heterocycles. The van der Waals surface area contributed by atoms with Gasteiger partial charge in [-0.15, -0.1) is 11.3 Å². The average molecular weight is 450 g/mol. The van der Waals surface area contributed by atoms with E-state index in [2.05, 4.69) is 9.88 Å². The van der Waals surface area contributed by atoms with Crippen molar-refractivity contribution in [3.05, 3.63) is 35.3 Å². The Hall–Kier alpha value is -1.97. The van der Waals surface area contributed by atoms with Crippen molar-refractivity contribution in [3.63, 3.8) is 0 Å². The molecule has 2 fully saturated rings. The van der Waals surface area contributed by atoms with Gasteiger partial charge in [-0.3, -0.25) is 9.69 Å². The smallest absolute Gasteiger partial charge is 0.228 e. The third-order valence-corrected chi connectivity index (χ3v) is 8.38. The van der Waals surface area contributed by atoms with E-state index in [9.17, 15) is 13.2 Å². The van der Waals surface area contributed by atoms with Crippen LogP contribution >= 0.6 is 11.3 Å². The molecule has 0 radical (unpaired) electrons. The Morgan fingerprint density at radius 3 is 2.57 bits per heavy atom. The van der Waals surface area contributed by atoms with Crippen LogP contribution in [0.4, 0.5) is 0 Å². The predicted octanol–water partition coefficient (Wildman–Crippen LogP) is 2.08. The summed E-state index contributed by atoms with van der Waals surface area (Å²) in [6, 6.07) is 7.94. The van der Waals surface area contributed by atoms with Crippen LogP contribution < -0.4 is 4.74 Å². The average Bonchev–Trinajstić information content (AvgIpc) is 3.35. The molecule has 2 aliphatic heterocycles. The van der Waals surface area contributed by atoms with Crippen LogP contribution in [0.15, 0.2) is 29.6 Å². The van der Waals surface area contributed by atoms with Gasteiger partial charge in [-0.1, -0.05) is 0 Å². The minimum absolute atomic E-state index is 0.0808. The van der Waals surface area contributed by atoms with E-state index in [1.165, 1.54) is 11.3 Å². The Labute approximate surface area is 181 Å². The molecular formula is C21H27N3O4S2. The Balaban J connectivity index is 1.30. The SMILES string of the molecule is CCOc1ccc(-c2nc(CC(=O)N3CCN(C4CCS(=O)(=O)C4)CC3)cs2)cc1. The maximum absolute atomic E-state index is 12.7. The van der Waals surface area contributed by atoms with Crippen molar-refractivity contribution in [1.82, 2.24) is 14.8 Å². The van der Waals surface area contributed by atoms with E-state index in [1.54, 1.807) is 0 Å². The number of rotatable bonds is 6. The quantitative estimate of drug-likeness (QED) is 0.672. The summed E-state index contributed by atoms with van der Waals surface area (Å²) in [6.07, 6.45) is 1.01. The Morgan fingerprint density at radius 2 is 1.93 bits per heavy atom. The summed E-state index contributed by atoms with van der Waals surface area (Å²) in [4.78, 5) is 21.5. The minimum Gasteiger partial charge on any atom is -0.494 e. The van der Waals surface area contributed by atoms with Gasteiger partial charge in [-0.2, -0.15) is 0 Å². The molecule has 30 heavy (non-hydrogen) atoms. The first kappa shape index (κ1) is 21.3. The van der Waals surface area contributed by atoms with Gasteiger partial charge in [0.05, 0.1) is 30.2 Å². The van der Waals surface area contributed by atoms with E-state index in [-0.39, 0.29) is 23.5 Å². The standard InChI is InChI=1S/C21H27N3O4S2/c1-2-28-19-5-3-16(4-6-19)21-22-17(14-29-21)13-20(25)24-10-8-23(9-11-24)18-7-12-30(26,27)15-18/h3-6,14,18H,2,7-13,15H2,1H3. The first-order chi connectivity index (χ1) is 14.4. The lowest BCUT2D eigenvalue weighted by Gasteiger charge is -2.37. The van der Waals surface area contributed by atoms with E-state index in [0.29, 0.717) is 32.5 Å². The van der Waals surface area contributed by atoms with Crippen molar-refractivity contribution in [2.24, 2.45) is 0 Å². The number of carbonyl (C=O) groups is 1. The van der Waals surface area contributed by atoms with Crippen LogP contribution in [0.5, 0.6) is 5.75 Å². The zero-order valence-electron chi connectivity index (χ0n) is 17.1. The third kappa shape index (κ3) is 5.01. The molecule has 0 bridgehead atoms. The number of benzene rings is 1. The molecule has 7 nitrogen and oxygen atoms in total. The molecule has 1 aromatic carbocycles. The van der Waals surface area contributed by atoms with Crippen molar-refractivity contribution in [2.45, 2.75) is 25.8 Å². The maximum Gasteiger partial charge on any atom is 0.228 e. The molecule has 2 aliphatic rings. The first-order valence-electron chi connectivity index (χ1n) is 10.3. The summed E-state index contributed by atoms with van der Waals surface area (Å²) in [5.74, 6) is 1.46. The van der Waals surface area contributed by atoms with E-state index in [1.807, 2.05) is 41.5 Å². The third-order valence-electron chi connectivity index (χ3n) is 5.69. The lowest BCUT2D eigenvalue weighted by Crippen LogP contribution is -2.52. The van der Waals surface area contributed by atoms with Gasteiger partial charge in [0.1, 0.15) is 10.8 Å². The number of amides is 1. The fourth-order valence-electron chi connectivity index (χ4n) is 4.05. The second kappa shape index (κ2) is 9.03. The lowest BCUT2D eigenvalue weighted by molar-refractivity contribution is -0.132. The normalized spacial score (nSPS) is 21.6. The molecule has 4 rings (SSSR count). The van der Waals surface area contributed by atoms with Crippen LogP contribution in [0.2, 0.25) is 0 Å². The molecule has 9 heteroatoms. The highest BCUT2D eigenvalue weighted by atomic mass is 32.2. The highest BCUT2D eigenvalue weighted by Gasteiger charge is 2.34. The van der Waals surface area contributed by atoms with Crippen molar-refractivity contribution in [2.75, 3.05) is 44.3 Å². The van der Waals surface area contributed by atoms with E-state index >= 15 is 0 Å². The van der Waals surface area contributed by atoms with Crippen molar-refractivity contribution in [3.8, 4) is 16.3 Å². The number of hydrogen-bond donors (Lipinski definition) is 0. The van der Waals surface area contributed by atoms with E-state index in [0.717, 1.165) is 35.1 Å². The van der Waals surface area contributed by atoms with Crippen molar-refractivity contribution < 1.29 is 17.9 Å². The van der Waals surface area contributed by atoms with Gasteiger partial charge in [-0.05, 0) is 37.6 Å². The summed E-state index contributed by atoms with van der Waals surface area (Å²) in [5.41, 5.74) is 1.81. The largest absolute Gasteiger partial charge is 0.494 e.